The number of esters is 1. The predicted molar refractivity (Wildman–Crippen MR) is 213 cm³/mol. The molecule has 0 bridgehead atoms. The zero-order valence-electron chi connectivity index (χ0n) is 33.8. The van der Waals surface area contributed by atoms with Gasteiger partial charge in [0.2, 0.25) is 0 Å². The van der Waals surface area contributed by atoms with E-state index in [1.54, 1.807) is 0 Å². The van der Waals surface area contributed by atoms with Crippen LogP contribution in [0.4, 0.5) is 0 Å². The van der Waals surface area contributed by atoms with E-state index in [1.165, 1.54) is 96.3 Å². The van der Waals surface area contributed by atoms with Gasteiger partial charge in [0.1, 0.15) is 19.3 Å². The van der Waals surface area contributed by atoms with Crippen LogP contribution in [-0.4, -0.2) is 70.7 Å². The van der Waals surface area contributed by atoms with Crippen molar-refractivity contribution in [1.82, 2.24) is 0 Å². The number of hydrogen-bond donors (Lipinski definition) is 0. The van der Waals surface area contributed by atoms with Gasteiger partial charge in [0.05, 0.1) is 34.4 Å². The van der Waals surface area contributed by atoms with Crippen molar-refractivity contribution in [2.75, 3.05) is 54.1 Å². The van der Waals surface area contributed by atoms with Crippen molar-refractivity contribution >= 4 is 13.8 Å². The monoisotopic (exact) mass is 742 g/mol. The van der Waals surface area contributed by atoms with Crippen LogP contribution in [0.3, 0.4) is 0 Å². The molecular weight excluding hydrogens is 661 g/mol. The first-order valence-corrected chi connectivity index (χ1v) is 22.2. The Balaban J connectivity index is 4.19. The number of carbonyl (C=O) groups is 1. The maximum Gasteiger partial charge on any atom is 0.306 e. The van der Waals surface area contributed by atoms with Crippen LogP contribution in [-0.2, 0) is 27.9 Å². The number of allylic oxidation sites excluding steroid dienone is 6. The van der Waals surface area contributed by atoms with E-state index < -0.39 is 13.9 Å². The third-order valence-corrected chi connectivity index (χ3v) is 9.66. The molecule has 0 saturated heterocycles. The molecule has 0 N–H and O–H groups in total. The summed E-state index contributed by atoms with van der Waals surface area (Å²) in [4.78, 5) is 24.9. The molecule has 0 spiro atoms. The van der Waals surface area contributed by atoms with Crippen molar-refractivity contribution in [2.45, 2.75) is 174 Å². The van der Waals surface area contributed by atoms with E-state index in [9.17, 15) is 14.3 Å². The van der Waals surface area contributed by atoms with Crippen LogP contribution in [0.25, 0.3) is 0 Å². The normalized spacial score (nSPS) is 14.2. The first kappa shape index (κ1) is 49.7. The molecule has 0 amide bonds. The fraction of sp³-hybridized carbons (Fsp3) is 0.833. The molecule has 2 atom stereocenters. The Bertz CT molecular complexity index is 915. The molecule has 2 unspecified atom stereocenters. The summed E-state index contributed by atoms with van der Waals surface area (Å²) in [5.41, 5.74) is 0. The third kappa shape index (κ3) is 39.8. The molecule has 8 nitrogen and oxygen atoms in total. The Labute approximate surface area is 315 Å². The van der Waals surface area contributed by atoms with Gasteiger partial charge in [-0.15, -0.1) is 0 Å². The summed E-state index contributed by atoms with van der Waals surface area (Å²) in [6.45, 7) is 5.34. The van der Waals surface area contributed by atoms with Crippen LogP contribution in [0.15, 0.2) is 36.5 Å². The number of likely N-dealkylation sites (N-methyl/N-ethyl adjacent to an activating group) is 1. The van der Waals surface area contributed by atoms with E-state index in [0.29, 0.717) is 24.1 Å². The second-order valence-corrected chi connectivity index (χ2v) is 16.4. The van der Waals surface area contributed by atoms with Gasteiger partial charge in [-0.05, 0) is 51.4 Å². The molecule has 0 aliphatic heterocycles. The van der Waals surface area contributed by atoms with E-state index in [-0.39, 0.29) is 25.8 Å². The minimum Gasteiger partial charge on any atom is -0.756 e. The predicted octanol–water partition coefficient (Wildman–Crippen LogP) is 11.2. The van der Waals surface area contributed by atoms with Gasteiger partial charge in [-0.2, -0.15) is 0 Å². The smallest absolute Gasteiger partial charge is 0.306 e. The number of quaternary nitrogens is 1. The number of carbonyl (C=O) groups excluding carboxylic acids is 1. The highest BCUT2D eigenvalue weighted by molar-refractivity contribution is 7.45. The lowest BCUT2D eigenvalue weighted by Gasteiger charge is -2.28. The number of phosphoric ester groups is 1. The molecule has 0 aliphatic rings. The number of nitrogens with zero attached hydrogens (tertiary/aromatic N) is 1. The average Bonchev–Trinajstić information content (AvgIpc) is 3.08. The molecule has 0 rings (SSSR count). The first-order valence-electron chi connectivity index (χ1n) is 20.7. The summed E-state index contributed by atoms with van der Waals surface area (Å²) < 4.78 is 34.4. The van der Waals surface area contributed by atoms with Gasteiger partial charge in [-0.25, -0.2) is 0 Å². The zero-order valence-corrected chi connectivity index (χ0v) is 34.7. The van der Waals surface area contributed by atoms with Gasteiger partial charge in [0.15, 0.2) is 0 Å². The van der Waals surface area contributed by atoms with Gasteiger partial charge in [-0.3, -0.25) is 9.36 Å². The minimum absolute atomic E-state index is 0.0243. The Morgan fingerprint density at radius 1 is 0.608 bits per heavy atom. The molecule has 0 aromatic rings. The van der Waals surface area contributed by atoms with Crippen LogP contribution in [0.2, 0.25) is 0 Å². The van der Waals surface area contributed by atoms with Gasteiger partial charge in [0.25, 0.3) is 7.82 Å². The van der Waals surface area contributed by atoms with E-state index in [1.807, 2.05) is 21.1 Å². The quantitative estimate of drug-likeness (QED) is 0.0204. The van der Waals surface area contributed by atoms with E-state index in [0.717, 1.165) is 51.4 Å². The summed E-state index contributed by atoms with van der Waals surface area (Å²) in [7, 11) is 1.35. The van der Waals surface area contributed by atoms with Crippen molar-refractivity contribution in [2.24, 2.45) is 0 Å². The Kier molecular flexibility index (Phi) is 34.8. The topological polar surface area (TPSA) is 94.1 Å². The second-order valence-electron chi connectivity index (χ2n) is 15.0. The Morgan fingerprint density at radius 3 is 1.65 bits per heavy atom. The van der Waals surface area contributed by atoms with Crippen molar-refractivity contribution in [3.8, 4) is 0 Å². The molecule has 0 fully saturated rings. The molecule has 0 aromatic carbocycles. The number of ether oxygens (including phenoxy) is 2. The highest BCUT2D eigenvalue weighted by atomic mass is 31.2. The highest BCUT2D eigenvalue weighted by Gasteiger charge is 2.20. The summed E-state index contributed by atoms with van der Waals surface area (Å²) in [5, 5.41) is 0. The van der Waals surface area contributed by atoms with Crippen molar-refractivity contribution in [3.63, 3.8) is 0 Å². The van der Waals surface area contributed by atoms with Crippen LogP contribution in [0.5, 0.6) is 0 Å². The second kappa shape index (κ2) is 35.7. The Hall–Kier alpha value is -1.28. The van der Waals surface area contributed by atoms with E-state index in [2.05, 4.69) is 50.3 Å². The lowest BCUT2D eigenvalue weighted by Crippen LogP contribution is -2.37. The Morgan fingerprint density at radius 2 is 1.08 bits per heavy atom. The largest absolute Gasteiger partial charge is 0.756 e. The van der Waals surface area contributed by atoms with Crippen molar-refractivity contribution < 1.29 is 37.3 Å². The first-order chi connectivity index (χ1) is 24.6. The summed E-state index contributed by atoms with van der Waals surface area (Å²) >= 11 is 0. The molecule has 51 heavy (non-hydrogen) atoms. The van der Waals surface area contributed by atoms with Crippen LogP contribution in [0, 0.1) is 0 Å². The minimum atomic E-state index is -4.52. The molecule has 0 heterocycles. The molecule has 0 radical (unpaired) electrons. The summed E-state index contributed by atoms with van der Waals surface area (Å²) in [5.74, 6) is -0.342. The lowest BCUT2D eigenvalue weighted by atomic mass is 10.1. The van der Waals surface area contributed by atoms with E-state index in [4.69, 9.17) is 18.5 Å². The molecular formula is C42H80NO7P. The average molecular weight is 742 g/mol. The van der Waals surface area contributed by atoms with Crippen molar-refractivity contribution in [1.29, 1.82) is 0 Å². The maximum absolute atomic E-state index is 12.6. The zero-order chi connectivity index (χ0) is 37.7. The van der Waals surface area contributed by atoms with E-state index >= 15 is 0 Å². The van der Waals surface area contributed by atoms with Gasteiger partial charge < -0.3 is 27.9 Å². The molecule has 0 saturated carbocycles. The number of phosphoric acid groups is 1. The summed E-state index contributed by atoms with van der Waals surface area (Å²) in [6, 6.07) is 0. The number of hydrogen-bond acceptors (Lipinski definition) is 7. The molecule has 300 valence electrons. The molecule has 9 heteroatoms. The van der Waals surface area contributed by atoms with Crippen molar-refractivity contribution in [3.05, 3.63) is 36.5 Å². The number of unbranched alkanes of at least 4 members (excludes halogenated alkanes) is 18. The summed E-state index contributed by atoms with van der Waals surface area (Å²) in [6.07, 6.45) is 40.1. The SMILES string of the molecule is CCCCC/C=C\C/C=C\C/C=C\CCCCCCCCCOCC(COP(=O)([O-])OCC[N+](C)(C)C)OC(=O)CCCCCCCCCCC. The lowest BCUT2D eigenvalue weighted by molar-refractivity contribution is -0.870. The fourth-order valence-electron chi connectivity index (χ4n) is 5.43. The van der Waals surface area contributed by atoms with Gasteiger partial charge >= 0.3 is 5.97 Å². The molecule has 0 aromatic heterocycles. The maximum atomic E-state index is 12.6. The fourth-order valence-corrected chi connectivity index (χ4v) is 6.16. The standard InChI is InChI=1S/C42H80NO7P/c1-6-8-10-12-14-16-17-18-19-20-21-22-23-24-25-26-28-30-32-34-37-47-39-41(40-49-51(45,46)48-38-36-43(3,4)5)50-42(44)35-33-31-29-27-15-13-11-9-7-2/h14,16,18-19,21-22,41H,6-13,15,17,20,23-40H2,1-5H3/b16-14-,19-18-,22-21-. The highest BCUT2D eigenvalue weighted by Crippen LogP contribution is 2.38. The third-order valence-electron chi connectivity index (χ3n) is 8.69. The van der Waals surface area contributed by atoms with Gasteiger partial charge in [0, 0.05) is 13.0 Å². The van der Waals surface area contributed by atoms with Crippen LogP contribution in [0.1, 0.15) is 168 Å². The van der Waals surface area contributed by atoms with Gasteiger partial charge in [-0.1, -0.05) is 147 Å². The molecule has 0 aliphatic carbocycles. The van der Waals surface area contributed by atoms with Crippen LogP contribution >= 0.6 is 7.82 Å². The number of rotatable bonds is 38. The van der Waals surface area contributed by atoms with Crippen LogP contribution < -0.4 is 4.89 Å².